The number of allylic oxidation sites excluding steroid dienone is 7. The molecule has 0 radical (unpaired) electrons. The minimum Gasteiger partial charge on any atom is -0.454 e. The van der Waals surface area contributed by atoms with Crippen LogP contribution in [0.5, 0.6) is 0 Å². The number of rotatable bonds is 5. The average Bonchev–Trinajstić information content (AvgIpc) is 2.92. The average molecular weight is 313 g/mol. The van der Waals surface area contributed by atoms with Gasteiger partial charge in [-0.25, -0.2) is 0 Å². The molecule has 23 heavy (non-hydrogen) atoms. The second kappa shape index (κ2) is 7.36. The van der Waals surface area contributed by atoms with Crippen LogP contribution in [0.1, 0.15) is 39.0 Å². The molecule has 122 valence electrons. The molecular formula is C19H23NO3. The minimum absolute atomic E-state index is 0.0145. The molecule has 0 spiro atoms. The third-order valence-corrected chi connectivity index (χ3v) is 4.22. The van der Waals surface area contributed by atoms with Crippen LogP contribution in [0.4, 0.5) is 0 Å². The number of hydrogen-bond donors (Lipinski definition) is 1. The van der Waals surface area contributed by atoms with Crippen molar-refractivity contribution in [1.29, 1.82) is 0 Å². The van der Waals surface area contributed by atoms with Crippen molar-refractivity contribution >= 4 is 5.91 Å². The molecule has 1 amide bonds. The van der Waals surface area contributed by atoms with Crippen molar-refractivity contribution in [2.45, 2.75) is 45.1 Å². The number of carbonyl (C=O) groups is 1. The lowest BCUT2D eigenvalue weighted by atomic mass is 10.0. The summed E-state index contributed by atoms with van der Waals surface area (Å²) in [7, 11) is 0. The van der Waals surface area contributed by atoms with Crippen LogP contribution in [0.25, 0.3) is 0 Å². The van der Waals surface area contributed by atoms with Gasteiger partial charge < -0.3 is 14.8 Å². The maximum Gasteiger partial charge on any atom is 0.247 e. The van der Waals surface area contributed by atoms with Gasteiger partial charge in [0, 0.05) is 11.6 Å². The number of amides is 1. The first-order chi connectivity index (χ1) is 11.2. The smallest absolute Gasteiger partial charge is 0.247 e. The van der Waals surface area contributed by atoms with Crippen LogP contribution in [0.2, 0.25) is 0 Å². The number of hydrogen-bond acceptors (Lipinski definition) is 3. The van der Waals surface area contributed by atoms with E-state index in [1.165, 1.54) is 5.57 Å². The van der Waals surface area contributed by atoms with E-state index in [-0.39, 0.29) is 18.7 Å². The van der Waals surface area contributed by atoms with Crippen LogP contribution in [-0.2, 0) is 14.3 Å². The first-order valence-corrected chi connectivity index (χ1v) is 8.26. The summed E-state index contributed by atoms with van der Waals surface area (Å²) in [5.74, 6) is 1.42. The van der Waals surface area contributed by atoms with Gasteiger partial charge in [0.1, 0.15) is 0 Å². The van der Waals surface area contributed by atoms with E-state index in [0.29, 0.717) is 12.2 Å². The summed E-state index contributed by atoms with van der Waals surface area (Å²) in [6, 6.07) is 0.148. The Bertz CT molecular complexity index is 623. The van der Waals surface area contributed by atoms with E-state index >= 15 is 0 Å². The number of ether oxygens (including phenoxy) is 2. The predicted molar refractivity (Wildman–Crippen MR) is 89.2 cm³/mol. The Morgan fingerprint density at radius 3 is 2.91 bits per heavy atom. The molecule has 2 aliphatic carbocycles. The summed E-state index contributed by atoms with van der Waals surface area (Å²) in [4.78, 5) is 12.4. The second-order valence-electron chi connectivity index (χ2n) is 6.07. The Morgan fingerprint density at radius 2 is 2.09 bits per heavy atom. The van der Waals surface area contributed by atoms with Gasteiger partial charge in [0.05, 0.1) is 0 Å². The van der Waals surface area contributed by atoms with Crippen molar-refractivity contribution in [3.63, 3.8) is 0 Å². The lowest BCUT2D eigenvalue weighted by Crippen LogP contribution is -2.33. The fraction of sp³-hybridized carbons (Fsp3) is 0.421. The third kappa shape index (κ3) is 4.15. The Morgan fingerprint density at radius 1 is 1.22 bits per heavy atom. The van der Waals surface area contributed by atoms with Crippen molar-refractivity contribution in [3.8, 4) is 0 Å². The molecule has 4 nitrogen and oxygen atoms in total. The molecule has 1 heterocycles. The van der Waals surface area contributed by atoms with Crippen molar-refractivity contribution in [1.82, 2.24) is 5.32 Å². The van der Waals surface area contributed by atoms with Crippen molar-refractivity contribution in [2.75, 3.05) is 6.79 Å². The summed E-state index contributed by atoms with van der Waals surface area (Å²) in [5, 5.41) is 3.08. The van der Waals surface area contributed by atoms with Crippen molar-refractivity contribution < 1.29 is 14.3 Å². The van der Waals surface area contributed by atoms with E-state index < -0.39 is 0 Å². The molecule has 1 saturated heterocycles. The van der Waals surface area contributed by atoms with Crippen LogP contribution in [0.3, 0.4) is 0 Å². The highest BCUT2D eigenvalue weighted by molar-refractivity contribution is 5.94. The lowest BCUT2D eigenvalue weighted by molar-refractivity contribution is -0.118. The molecule has 1 aliphatic heterocycles. The Kier molecular flexibility index (Phi) is 5.01. The lowest BCUT2D eigenvalue weighted by Gasteiger charge is -2.16. The van der Waals surface area contributed by atoms with Gasteiger partial charge in [-0.2, -0.15) is 0 Å². The van der Waals surface area contributed by atoms with E-state index in [1.807, 2.05) is 18.2 Å². The zero-order valence-electron chi connectivity index (χ0n) is 13.5. The maximum atomic E-state index is 12.4. The zero-order chi connectivity index (χ0) is 16.1. The molecule has 0 saturated carbocycles. The zero-order valence-corrected chi connectivity index (χ0v) is 13.5. The van der Waals surface area contributed by atoms with Crippen LogP contribution in [-0.4, -0.2) is 18.7 Å². The Balaban J connectivity index is 1.50. The Hall–Kier alpha value is -2.23. The molecule has 3 rings (SSSR count). The van der Waals surface area contributed by atoms with Gasteiger partial charge >= 0.3 is 0 Å². The number of nitrogens with one attached hydrogen (secondary N) is 1. The van der Waals surface area contributed by atoms with Crippen LogP contribution >= 0.6 is 0 Å². The van der Waals surface area contributed by atoms with E-state index in [1.54, 1.807) is 0 Å². The fourth-order valence-corrected chi connectivity index (χ4v) is 2.83. The van der Waals surface area contributed by atoms with Crippen LogP contribution in [0, 0.1) is 0 Å². The molecule has 0 bridgehead atoms. The van der Waals surface area contributed by atoms with Crippen molar-refractivity contribution in [3.05, 3.63) is 59.1 Å². The van der Waals surface area contributed by atoms with Crippen LogP contribution in [0.15, 0.2) is 59.1 Å². The second-order valence-corrected chi connectivity index (χ2v) is 6.07. The first-order valence-electron chi connectivity index (χ1n) is 8.26. The van der Waals surface area contributed by atoms with Gasteiger partial charge in [-0.05, 0) is 57.3 Å². The highest BCUT2D eigenvalue weighted by Gasteiger charge is 2.20. The summed E-state index contributed by atoms with van der Waals surface area (Å²) in [5.41, 5.74) is 2.11. The minimum atomic E-state index is -0.0145. The molecule has 0 aromatic heterocycles. The molecule has 1 N–H and O–H groups in total. The molecule has 0 aromatic rings. The monoisotopic (exact) mass is 313 g/mol. The fourth-order valence-electron chi connectivity index (χ4n) is 2.83. The van der Waals surface area contributed by atoms with E-state index in [2.05, 4.69) is 30.5 Å². The molecule has 4 heteroatoms. The van der Waals surface area contributed by atoms with E-state index in [9.17, 15) is 4.79 Å². The summed E-state index contributed by atoms with van der Waals surface area (Å²) < 4.78 is 10.7. The Labute approximate surface area is 137 Å². The van der Waals surface area contributed by atoms with Gasteiger partial charge in [0.2, 0.25) is 12.7 Å². The number of fused-ring (bicyclic) bond motifs is 1. The van der Waals surface area contributed by atoms with Gasteiger partial charge in [0.15, 0.2) is 11.5 Å². The maximum absolute atomic E-state index is 12.4. The highest BCUT2D eigenvalue weighted by Crippen LogP contribution is 2.25. The molecule has 1 fully saturated rings. The first kappa shape index (κ1) is 15.7. The van der Waals surface area contributed by atoms with Gasteiger partial charge in [0.25, 0.3) is 0 Å². The summed E-state index contributed by atoms with van der Waals surface area (Å²) >= 11 is 0. The molecule has 0 aromatic carbocycles. The topological polar surface area (TPSA) is 47.6 Å². The highest BCUT2D eigenvalue weighted by atomic mass is 16.7. The standard InChI is InChI=1S/C19H23NO3/c1-14(7-8-15-5-3-2-4-6-15)20-19(21)16-9-11-17-18(12-10-16)23-13-22-17/h3,5-6,9,11-12,14H,2,4,7-8,10,13H2,1H3,(H,20,21). The van der Waals surface area contributed by atoms with E-state index in [0.717, 1.165) is 37.0 Å². The largest absolute Gasteiger partial charge is 0.454 e. The molecule has 1 atom stereocenters. The van der Waals surface area contributed by atoms with Crippen LogP contribution < -0.4 is 5.32 Å². The number of carbonyl (C=O) groups excluding carboxylic acids is 1. The quantitative estimate of drug-likeness (QED) is 0.843. The molecular weight excluding hydrogens is 290 g/mol. The summed E-state index contributed by atoms with van der Waals surface area (Å²) in [6.45, 7) is 2.31. The predicted octanol–water partition coefficient (Wildman–Crippen LogP) is 3.65. The van der Waals surface area contributed by atoms with Gasteiger partial charge in [-0.15, -0.1) is 0 Å². The van der Waals surface area contributed by atoms with Crippen molar-refractivity contribution in [2.24, 2.45) is 0 Å². The van der Waals surface area contributed by atoms with E-state index in [4.69, 9.17) is 9.47 Å². The summed E-state index contributed by atoms with van der Waals surface area (Å²) in [6.07, 6.45) is 17.0. The van der Waals surface area contributed by atoms with Gasteiger partial charge in [-0.1, -0.05) is 23.8 Å². The third-order valence-electron chi connectivity index (χ3n) is 4.22. The molecule has 1 unspecified atom stereocenters. The van der Waals surface area contributed by atoms with Gasteiger partial charge in [-0.3, -0.25) is 4.79 Å². The molecule has 3 aliphatic rings. The SMILES string of the molecule is CC(CCC1=CCCC=C1)NC(=O)C1=CC=C2OCOC2=CC1. The normalized spacial score (nSPS) is 20.7.